The summed E-state index contributed by atoms with van der Waals surface area (Å²) >= 11 is 11.6. The number of benzene rings is 1. The minimum atomic E-state index is 0.632. The van der Waals surface area contributed by atoms with Crippen molar-refractivity contribution in [3.8, 4) is 0 Å². The summed E-state index contributed by atoms with van der Waals surface area (Å²) in [5.74, 6) is 0. The van der Waals surface area contributed by atoms with Gasteiger partial charge in [-0.2, -0.15) is 5.10 Å². The molecule has 1 heterocycles. The Labute approximate surface area is 135 Å². The molecule has 2 rings (SSSR count). The molecular formula is C15H19ClN4S. The van der Waals surface area contributed by atoms with Crippen LogP contribution >= 0.6 is 23.8 Å². The van der Waals surface area contributed by atoms with Crippen molar-refractivity contribution in [1.29, 1.82) is 0 Å². The Morgan fingerprint density at radius 3 is 2.76 bits per heavy atom. The Hall–Kier alpha value is -1.59. The SMILES string of the molecule is CCn1ncc(Cl)c1CN(C)C(=S)NCc1ccccc1. The molecule has 0 spiro atoms. The largest absolute Gasteiger partial charge is 0.358 e. The lowest BCUT2D eigenvalue weighted by Crippen LogP contribution is -2.36. The Morgan fingerprint density at radius 2 is 2.10 bits per heavy atom. The lowest BCUT2D eigenvalue weighted by Gasteiger charge is -2.21. The van der Waals surface area contributed by atoms with Crippen LogP contribution in [0.25, 0.3) is 0 Å². The van der Waals surface area contributed by atoms with E-state index in [0.717, 1.165) is 12.2 Å². The van der Waals surface area contributed by atoms with Crippen LogP contribution in [0.3, 0.4) is 0 Å². The second kappa shape index (κ2) is 7.43. The molecule has 21 heavy (non-hydrogen) atoms. The maximum absolute atomic E-state index is 6.17. The molecule has 4 nitrogen and oxygen atoms in total. The summed E-state index contributed by atoms with van der Waals surface area (Å²) in [5.41, 5.74) is 2.18. The molecule has 0 amide bonds. The van der Waals surface area contributed by atoms with E-state index < -0.39 is 0 Å². The highest BCUT2D eigenvalue weighted by molar-refractivity contribution is 7.80. The normalized spacial score (nSPS) is 10.4. The van der Waals surface area contributed by atoms with Crippen LogP contribution in [0.4, 0.5) is 0 Å². The molecule has 0 fully saturated rings. The van der Waals surface area contributed by atoms with E-state index in [2.05, 4.69) is 22.5 Å². The highest BCUT2D eigenvalue weighted by Crippen LogP contribution is 2.16. The lowest BCUT2D eigenvalue weighted by atomic mass is 10.2. The number of halogens is 1. The van der Waals surface area contributed by atoms with Crippen LogP contribution in [0.5, 0.6) is 0 Å². The molecule has 0 atom stereocenters. The molecule has 0 aliphatic carbocycles. The van der Waals surface area contributed by atoms with Gasteiger partial charge in [0.05, 0.1) is 23.5 Å². The maximum Gasteiger partial charge on any atom is 0.169 e. The zero-order chi connectivity index (χ0) is 15.2. The topological polar surface area (TPSA) is 33.1 Å². The first-order valence-electron chi connectivity index (χ1n) is 6.85. The predicted octanol–water partition coefficient (Wildman–Crippen LogP) is 3.06. The van der Waals surface area contributed by atoms with Gasteiger partial charge in [-0.25, -0.2) is 0 Å². The Morgan fingerprint density at radius 1 is 1.38 bits per heavy atom. The summed E-state index contributed by atoms with van der Waals surface area (Å²) in [6.07, 6.45) is 1.68. The summed E-state index contributed by atoms with van der Waals surface area (Å²) in [6.45, 7) is 4.18. The van der Waals surface area contributed by atoms with Crippen molar-refractivity contribution in [2.24, 2.45) is 0 Å². The number of rotatable bonds is 5. The Kier molecular flexibility index (Phi) is 5.59. The molecule has 0 saturated heterocycles. The summed E-state index contributed by atoms with van der Waals surface area (Å²) < 4.78 is 1.89. The van der Waals surface area contributed by atoms with E-state index >= 15 is 0 Å². The van der Waals surface area contributed by atoms with Crippen LogP contribution in [0.15, 0.2) is 36.5 Å². The number of hydrogen-bond acceptors (Lipinski definition) is 2. The number of aryl methyl sites for hydroxylation is 1. The van der Waals surface area contributed by atoms with Crippen molar-refractivity contribution in [2.45, 2.75) is 26.6 Å². The summed E-state index contributed by atoms with van der Waals surface area (Å²) in [7, 11) is 1.95. The highest BCUT2D eigenvalue weighted by atomic mass is 35.5. The van der Waals surface area contributed by atoms with E-state index in [1.54, 1.807) is 6.20 Å². The number of nitrogens with zero attached hydrogens (tertiary/aromatic N) is 3. The van der Waals surface area contributed by atoms with E-state index in [9.17, 15) is 0 Å². The maximum atomic E-state index is 6.17. The van der Waals surface area contributed by atoms with Crippen molar-refractivity contribution in [3.63, 3.8) is 0 Å². The fourth-order valence-electron chi connectivity index (χ4n) is 2.02. The molecule has 1 N–H and O–H groups in total. The molecule has 0 aliphatic rings. The van der Waals surface area contributed by atoms with Gasteiger partial charge in [0.2, 0.25) is 0 Å². The summed E-state index contributed by atoms with van der Waals surface area (Å²) in [4.78, 5) is 1.97. The van der Waals surface area contributed by atoms with Crippen molar-refractivity contribution >= 4 is 28.9 Å². The summed E-state index contributed by atoms with van der Waals surface area (Å²) in [5, 5.41) is 8.86. The first kappa shape index (κ1) is 15.8. The molecule has 2 aromatic rings. The molecule has 0 radical (unpaired) electrons. The molecule has 0 saturated carbocycles. The zero-order valence-corrected chi connectivity index (χ0v) is 13.8. The van der Waals surface area contributed by atoms with Crippen molar-refractivity contribution < 1.29 is 0 Å². The van der Waals surface area contributed by atoms with Crippen LogP contribution in [-0.4, -0.2) is 26.8 Å². The standard InChI is InChI=1S/C15H19ClN4S/c1-3-20-14(13(16)10-18-20)11-19(2)15(21)17-9-12-7-5-4-6-8-12/h4-8,10H,3,9,11H2,1-2H3,(H,17,21). The van der Waals surface area contributed by atoms with E-state index in [0.29, 0.717) is 23.2 Å². The molecule has 0 unspecified atom stereocenters. The average Bonchev–Trinajstić information content (AvgIpc) is 2.86. The molecule has 0 bridgehead atoms. The highest BCUT2D eigenvalue weighted by Gasteiger charge is 2.12. The quantitative estimate of drug-likeness (QED) is 0.858. The van der Waals surface area contributed by atoms with Gasteiger partial charge in [0.15, 0.2) is 5.11 Å². The predicted molar refractivity (Wildman–Crippen MR) is 90.3 cm³/mol. The van der Waals surface area contributed by atoms with Gasteiger partial charge in [-0.15, -0.1) is 0 Å². The van der Waals surface area contributed by atoms with Crippen LogP contribution in [-0.2, 0) is 19.6 Å². The van der Waals surface area contributed by atoms with E-state index in [1.807, 2.05) is 41.8 Å². The number of aromatic nitrogens is 2. The third-order valence-corrected chi connectivity index (χ3v) is 3.99. The fraction of sp³-hybridized carbons (Fsp3) is 0.333. The van der Waals surface area contributed by atoms with Gasteiger partial charge >= 0.3 is 0 Å². The fourth-order valence-corrected chi connectivity index (χ4v) is 2.36. The van der Waals surface area contributed by atoms with E-state index in [4.69, 9.17) is 23.8 Å². The summed E-state index contributed by atoms with van der Waals surface area (Å²) in [6, 6.07) is 10.2. The minimum Gasteiger partial charge on any atom is -0.358 e. The Bertz CT molecular complexity index is 597. The van der Waals surface area contributed by atoms with Crippen molar-refractivity contribution in [3.05, 3.63) is 52.8 Å². The smallest absolute Gasteiger partial charge is 0.169 e. The monoisotopic (exact) mass is 322 g/mol. The first-order chi connectivity index (χ1) is 10.1. The molecule has 1 aromatic carbocycles. The second-order valence-electron chi connectivity index (χ2n) is 4.76. The van der Waals surface area contributed by atoms with E-state index in [-0.39, 0.29) is 0 Å². The van der Waals surface area contributed by atoms with Gasteiger partial charge in [0.1, 0.15) is 0 Å². The first-order valence-corrected chi connectivity index (χ1v) is 7.63. The van der Waals surface area contributed by atoms with Gasteiger partial charge in [0, 0.05) is 20.1 Å². The third kappa shape index (κ3) is 4.19. The van der Waals surface area contributed by atoms with Gasteiger partial charge in [-0.3, -0.25) is 4.68 Å². The van der Waals surface area contributed by atoms with E-state index in [1.165, 1.54) is 5.56 Å². The molecule has 1 aromatic heterocycles. The molecular weight excluding hydrogens is 304 g/mol. The number of thiocarbonyl (C=S) groups is 1. The number of hydrogen-bond donors (Lipinski definition) is 1. The molecule has 112 valence electrons. The van der Waals surface area contributed by atoms with Crippen LogP contribution in [0.1, 0.15) is 18.2 Å². The zero-order valence-electron chi connectivity index (χ0n) is 12.2. The number of nitrogens with one attached hydrogen (secondary N) is 1. The van der Waals surface area contributed by atoms with Crippen molar-refractivity contribution in [1.82, 2.24) is 20.0 Å². The Balaban J connectivity index is 1.92. The second-order valence-corrected chi connectivity index (χ2v) is 5.55. The van der Waals surface area contributed by atoms with Crippen LogP contribution in [0.2, 0.25) is 5.02 Å². The van der Waals surface area contributed by atoms with Crippen LogP contribution in [0, 0.1) is 0 Å². The van der Waals surface area contributed by atoms with Gasteiger partial charge < -0.3 is 10.2 Å². The van der Waals surface area contributed by atoms with Gasteiger partial charge in [-0.1, -0.05) is 41.9 Å². The lowest BCUT2D eigenvalue weighted by molar-refractivity contribution is 0.457. The van der Waals surface area contributed by atoms with Gasteiger partial charge in [-0.05, 0) is 24.7 Å². The average molecular weight is 323 g/mol. The minimum absolute atomic E-state index is 0.632. The van der Waals surface area contributed by atoms with Crippen molar-refractivity contribution in [2.75, 3.05) is 7.05 Å². The third-order valence-electron chi connectivity index (χ3n) is 3.22. The van der Waals surface area contributed by atoms with Crippen LogP contribution < -0.4 is 5.32 Å². The van der Waals surface area contributed by atoms with Gasteiger partial charge in [0.25, 0.3) is 0 Å². The molecule has 6 heteroatoms. The molecule has 0 aliphatic heterocycles.